The van der Waals surface area contributed by atoms with E-state index in [4.69, 9.17) is 9.15 Å². The van der Waals surface area contributed by atoms with Gasteiger partial charge in [0.25, 0.3) is 0 Å². The van der Waals surface area contributed by atoms with Crippen LogP contribution in [0, 0.1) is 5.41 Å². The normalized spacial score (nSPS) is 20.8. The average Bonchev–Trinajstić information content (AvgIpc) is 3.32. The molecule has 0 radical (unpaired) electrons. The summed E-state index contributed by atoms with van der Waals surface area (Å²) in [5.41, 5.74) is 2.40. The van der Waals surface area contributed by atoms with E-state index in [1.54, 1.807) is 0 Å². The lowest BCUT2D eigenvalue weighted by Gasteiger charge is -2.33. The number of amides is 1. The Bertz CT molecular complexity index is 913. The smallest absolute Gasteiger partial charge is 0.316 e. The van der Waals surface area contributed by atoms with Crippen molar-refractivity contribution in [2.24, 2.45) is 5.41 Å². The van der Waals surface area contributed by atoms with Crippen molar-refractivity contribution in [1.82, 2.24) is 15.1 Å². The number of aromatic nitrogens is 2. The molecule has 154 valence electrons. The first-order valence-electron chi connectivity index (χ1n) is 10.4. The van der Waals surface area contributed by atoms with Gasteiger partial charge in [0.05, 0.1) is 12.2 Å². The Kier molecular flexibility index (Phi) is 4.37. The largest absolute Gasteiger partial charge is 0.490 e. The maximum atomic E-state index is 12.8. The molecule has 3 heterocycles. The van der Waals surface area contributed by atoms with Crippen LogP contribution < -0.4 is 15.0 Å². The van der Waals surface area contributed by atoms with Gasteiger partial charge >= 0.3 is 6.01 Å². The first-order chi connectivity index (χ1) is 14.0. The number of fused-ring (bicyclic) bond motifs is 1. The molecule has 1 N–H and O–H groups in total. The number of nitrogens with one attached hydrogen (secondary N) is 1. The summed E-state index contributed by atoms with van der Waals surface area (Å²) in [6.45, 7) is 5.06. The van der Waals surface area contributed by atoms with Gasteiger partial charge in [-0.3, -0.25) is 4.79 Å². The molecule has 1 amide bonds. The second kappa shape index (κ2) is 6.93. The summed E-state index contributed by atoms with van der Waals surface area (Å²) >= 11 is 0. The fraction of sp³-hybridized carbons (Fsp3) is 0.571. The number of hydrogen-bond donors (Lipinski definition) is 1. The van der Waals surface area contributed by atoms with Gasteiger partial charge in [-0.1, -0.05) is 5.10 Å². The molecule has 1 spiro atoms. The minimum absolute atomic E-state index is 0.0884. The molecule has 1 saturated carbocycles. The molecule has 8 heteroatoms. The van der Waals surface area contributed by atoms with Gasteiger partial charge in [-0.15, -0.1) is 5.10 Å². The van der Waals surface area contributed by atoms with Crippen LogP contribution in [-0.2, 0) is 4.79 Å². The summed E-state index contributed by atoms with van der Waals surface area (Å²) in [6.07, 6.45) is 4.92. The summed E-state index contributed by atoms with van der Waals surface area (Å²) < 4.78 is 11.5. The quantitative estimate of drug-likeness (QED) is 0.849. The van der Waals surface area contributed by atoms with Gasteiger partial charge in [-0.2, -0.15) is 0 Å². The van der Waals surface area contributed by atoms with Crippen molar-refractivity contribution >= 4 is 17.6 Å². The molecule has 1 atom stereocenters. The molecular formula is C21H27N5O3. The summed E-state index contributed by atoms with van der Waals surface area (Å²) in [4.78, 5) is 16.9. The molecular weight excluding hydrogens is 370 g/mol. The highest BCUT2D eigenvalue weighted by Crippen LogP contribution is 2.53. The van der Waals surface area contributed by atoms with E-state index in [0.29, 0.717) is 17.9 Å². The molecule has 2 aliphatic heterocycles. The molecule has 2 fully saturated rings. The Morgan fingerprint density at radius 3 is 2.72 bits per heavy atom. The third-order valence-electron chi connectivity index (χ3n) is 6.53. The molecule has 2 aromatic rings. The number of nitrogens with zero attached hydrogens (tertiary/aromatic N) is 4. The minimum Gasteiger partial charge on any atom is -0.490 e. The number of likely N-dealkylation sites (tertiary alicyclic amines) is 1. The van der Waals surface area contributed by atoms with Crippen molar-refractivity contribution in [2.45, 2.75) is 38.6 Å². The summed E-state index contributed by atoms with van der Waals surface area (Å²) in [5.74, 6) is 1.30. The number of ether oxygens (including phenoxy) is 1. The highest BCUT2D eigenvalue weighted by atomic mass is 16.5. The Morgan fingerprint density at radius 2 is 1.97 bits per heavy atom. The number of rotatable bonds is 4. The first-order valence-corrected chi connectivity index (χ1v) is 10.4. The third kappa shape index (κ3) is 3.52. The molecule has 8 nitrogen and oxygen atoms in total. The zero-order valence-corrected chi connectivity index (χ0v) is 17.0. The van der Waals surface area contributed by atoms with E-state index < -0.39 is 6.04 Å². The Balaban J connectivity index is 1.24. The van der Waals surface area contributed by atoms with E-state index in [9.17, 15) is 4.79 Å². The van der Waals surface area contributed by atoms with Crippen molar-refractivity contribution < 1.29 is 13.9 Å². The fourth-order valence-corrected chi connectivity index (χ4v) is 4.29. The van der Waals surface area contributed by atoms with Gasteiger partial charge in [-0.05, 0) is 56.2 Å². The standard InChI is InChI=1S/C21H27N5O3/c1-14(19(27)26-9-7-21(5-6-21)8-10-26)22-20-24-23-18(29-20)15-3-4-16-17(13-15)28-12-11-25(16)2/h3-4,13-14H,5-12H2,1-2H3,(H,22,24)/t14-/m1/s1. The van der Waals surface area contributed by atoms with Crippen LogP contribution in [0.5, 0.6) is 5.75 Å². The van der Waals surface area contributed by atoms with Crippen LogP contribution in [0.2, 0.25) is 0 Å². The Labute approximate surface area is 170 Å². The van der Waals surface area contributed by atoms with E-state index in [1.807, 2.05) is 37.1 Å². The van der Waals surface area contributed by atoms with Crippen LogP contribution in [0.25, 0.3) is 11.5 Å². The van der Waals surface area contributed by atoms with Crippen molar-refractivity contribution in [3.63, 3.8) is 0 Å². The summed E-state index contributed by atoms with van der Waals surface area (Å²) in [6, 6.07) is 5.70. The second-order valence-electron chi connectivity index (χ2n) is 8.56. The number of hydrogen-bond acceptors (Lipinski definition) is 7. The molecule has 0 unspecified atom stereocenters. The topological polar surface area (TPSA) is 83.7 Å². The summed E-state index contributed by atoms with van der Waals surface area (Å²) in [7, 11) is 2.04. The van der Waals surface area contributed by atoms with Crippen LogP contribution >= 0.6 is 0 Å². The van der Waals surface area contributed by atoms with Crippen LogP contribution in [0.4, 0.5) is 11.7 Å². The van der Waals surface area contributed by atoms with Crippen LogP contribution in [0.3, 0.4) is 0 Å². The summed E-state index contributed by atoms with van der Waals surface area (Å²) in [5, 5.41) is 11.3. The molecule has 29 heavy (non-hydrogen) atoms. The number of carbonyl (C=O) groups excluding carboxylic acids is 1. The molecule has 1 aromatic heterocycles. The highest BCUT2D eigenvalue weighted by Gasteiger charge is 2.45. The second-order valence-corrected chi connectivity index (χ2v) is 8.56. The van der Waals surface area contributed by atoms with Gasteiger partial charge in [0, 0.05) is 25.7 Å². The predicted molar refractivity (Wildman–Crippen MR) is 109 cm³/mol. The zero-order valence-electron chi connectivity index (χ0n) is 17.0. The monoisotopic (exact) mass is 397 g/mol. The molecule has 3 aliphatic rings. The van der Waals surface area contributed by atoms with E-state index in [0.717, 1.165) is 49.5 Å². The SMILES string of the molecule is C[C@@H](Nc1nnc(-c2ccc3c(c2)OCCN3C)o1)C(=O)N1CCC2(CC1)CC2. The lowest BCUT2D eigenvalue weighted by molar-refractivity contribution is -0.133. The maximum Gasteiger partial charge on any atom is 0.316 e. The van der Waals surface area contributed by atoms with Crippen molar-refractivity contribution in [2.75, 3.05) is 43.5 Å². The lowest BCUT2D eigenvalue weighted by Crippen LogP contribution is -2.45. The van der Waals surface area contributed by atoms with Crippen LogP contribution in [-0.4, -0.2) is 60.3 Å². The minimum atomic E-state index is -0.405. The molecule has 1 saturated heterocycles. The first kappa shape index (κ1) is 18.3. The number of carbonyl (C=O) groups is 1. The van der Waals surface area contributed by atoms with E-state index in [2.05, 4.69) is 20.4 Å². The third-order valence-corrected chi connectivity index (χ3v) is 6.53. The number of anilines is 2. The maximum absolute atomic E-state index is 12.8. The van der Waals surface area contributed by atoms with E-state index >= 15 is 0 Å². The van der Waals surface area contributed by atoms with E-state index in [1.165, 1.54) is 12.8 Å². The van der Waals surface area contributed by atoms with Crippen LogP contribution in [0.1, 0.15) is 32.6 Å². The van der Waals surface area contributed by atoms with E-state index in [-0.39, 0.29) is 11.9 Å². The van der Waals surface area contributed by atoms with Gasteiger partial charge in [0.15, 0.2) is 0 Å². The predicted octanol–water partition coefficient (Wildman–Crippen LogP) is 2.77. The molecule has 0 bridgehead atoms. The fourth-order valence-electron chi connectivity index (χ4n) is 4.29. The zero-order chi connectivity index (χ0) is 20.0. The Morgan fingerprint density at radius 1 is 1.17 bits per heavy atom. The number of likely N-dealkylation sites (N-methyl/N-ethyl adjacent to an activating group) is 1. The van der Waals surface area contributed by atoms with Gasteiger partial charge in [0.2, 0.25) is 11.8 Å². The van der Waals surface area contributed by atoms with Gasteiger partial charge in [0.1, 0.15) is 18.4 Å². The number of benzene rings is 1. The van der Waals surface area contributed by atoms with Gasteiger partial charge in [-0.25, -0.2) is 0 Å². The Hall–Kier alpha value is -2.77. The highest BCUT2D eigenvalue weighted by molar-refractivity contribution is 5.83. The molecule has 1 aromatic carbocycles. The van der Waals surface area contributed by atoms with Gasteiger partial charge < -0.3 is 24.3 Å². The van der Waals surface area contributed by atoms with Crippen molar-refractivity contribution in [1.29, 1.82) is 0 Å². The van der Waals surface area contributed by atoms with Crippen molar-refractivity contribution in [3.8, 4) is 17.2 Å². The molecule has 1 aliphatic carbocycles. The lowest BCUT2D eigenvalue weighted by atomic mass is 9.93. The van der Waals surface area contributed by atoms with Crippen LogP contribution in [0.15, 0.2) is 22.6 Å². The average molecular weight is 397 g/mol. The van der Waals surface area contributed by atoms with Crippen molar-refractivity contribution in [3.05, 3.63) is 18.2 Å². The number of piperidine rings is 1. The molecule has 5 rings (SSSR count).